The summed E-state index contributed by atoms with van der Waals surface area (Å²) in [5.41, 5.74) is -0.151. The highest BCUT2D eigenvalue weighted by Crippen LogP contribution is 2.13. The van der Waals surface area contributed by atoms with Crippen LogP contribution in [0.15, 0.2) is 41.3 Å². The van der Waals surface area contributed by atoms with Gasteiger partial charge in [0.25, 0.3) is 0 Å². The predicted octanol–water partition coefficient (Wildman–Crippen LogP) is 1.82. The van der Waals surface area contributed by atoms with E-state index < -0.39 is 22.0 Å². The molecule has 1 aromatic carbocycles. The first-order valence-corrected chi connectivity index (χ1v) is 6.02. The second-order valence-electron chi connectivity index (χ2n) is 4.43. The molecule has 7 nitrogen and oxygen atoms in total. The Morgan fingerprint density at radius 2 is 2.19 bits per heavy atom. The van der Waals surface area contributed by atoms with Crippen molar-refractivity contribution in [3.63, 3.8) is 0 Å². The van der Waals surface area contributed by atoms with Gasteiger partial charge in [0, 0.05) is 12.3 Å². The van der Waals surface area contributed by atoms with E-state index in [9.17, 15) is 19.3 Å². The Balaban J connectivity index is 2.01. The van der Waals surface area contributed by atoms with Crippen molar-refractivity contribution in [2.24, 2.45) is 0 Å². The first-order valence-electron chi connectivity index (χ1n) is 6.02. The molecule has 1 N–H and O–H groups in total. The number of benzene rings is 1. The summed E-state index contributed by atoms with van der Waals surface area (Å²) >= 11 is 0. The van der Waals surface area contributed by atoms with Crippen LogP contribution < -0.4 is 5.56 Å². The first-order chi connectivity index (χ1) is 10.0. The van der Waals surface area contributed by atoms with E-state index in [1.165, 1.54) is 35.0 Å². The van der Waals surface area contributed by atoms with Crippen LogP contribution in [-0.4, -0.2) is 19.5 Å². The summed E-state index contributed by atoms with van der Waals surface area (Å²) < 4.78 is 14.3. The molecule has 0 spiro atoms. The van der Waals surface area contributed by atoms with Crippen LogP contribution in [0.5, 0.6) is 0 Å². The highest BCUT2D eigenvalue weighted by molar-refractivity contribution is 5.74. The molecule has 21 heavy (non-hydrogen) atoms. The van der Waals surface area contributed by atoms with Crippen molar-refractivity contribution in [2.75, 3.05) is 0 Å². The highest BCUT2D eigenvalue weighted by Gasteiger charge is 2.14. The van der Waals surface area contributed by atoms with Gasteiger partial charge in [0.2, 0.25) is 0 Å². The second kappa shape index (κ2) is 4.82. The maximum atomic E-state index is 13.1. The Hall–Kier alpha value is -3.03. The number of rotatable bonds is 3. The van der Waals surface area contributed by atoms with Gasteiger partial charge in [-0.05, 0) is 24.3 Å². The zero-order valence-corrected chi connectivity index (χ0v) is 10.6. The molecule has 0 aliphatic carbocycles. The number of fused-ring (bicyclic) bond motifs is 1. The summed E-state index contributed by atoms with van der Waals surface area (Å²) in [4.78, 5) is 29.0. The van der Waals surface area contributed by atoms with Crippen LogP contribution in [0.4, 0.5) is 10.1 Å². The van der Waals surface area contributed by atoms with E-state index in [1.807, 2.05) is 0 Å². The SMILES string of the molecule is O=c1c([N+](=O)[O-])cccn1Cc1nc2ccc(F)cc2[nH]1. The molecule has 0 aliphatic rings. The number of aromatic amines is 1. The van der Waals surface area contributed by atoms with Crippen LogP contribution in [0.1, 0.15) is 5.82 Å². The van der Waals surface area contributed by atoms with Crippen molar-refractivity contribution in [1.82, 2.24) is 14.5 Å². The molecule has 106 valence electrons. The number of H-pyrrole nitrogens is 1. The van der Waals surface area contributed by atoms with E-state index in [0.717, 1.165) is 6.07 Å². The highest BCUT2D eigenvalue weighted by atomic mass is 19.1. The Kier molecular flexibility index (Phi) is 2.98. The van der Waals surface area contributed by atoms with E-state index >= 15 is 0 Å². The number of hydrogen-bond donors (Lipinski definition) is 1. The quantitative estimate of drug-likeness (QED) is 0.587. The molecule has 0 radical (unpaired) electrons. The van der Waals surface area contributed by atoms with E-state index in [1.54, 1.807) is 0 Å². The topological polar surface area (TPSA) is 93.8 Å². The number of pyridine rings is 1. The fraction of sp³-hybridized carbons (Fsp3) is 0.0769. The summed E-state index contributed by atoms with van der Waals surface area (Å²) in [7, 11) is 0. The Bertz CT molecular complexity index is 900. The van der Waals surface area contributed by atoms with Gasteiger partial charge in [-0.3, -0.25) is 14.9 Å². The molecular formula is C13H9FN4O3. The third-order valence-electron chi connectivity index (χ3n) is 3.01. The maximum absolute atomic E-state index is 13.1. The maximum Gasteiger partial charge on any atom is 0.334 e. The van der Waals surface area contributed by atoms with Crippen molar-refractivity contribution in [2.45, 2.75) is 6.54 Å². The Morgan fingerprint density at radius 3 is 2.95 bits per heavy atom. The van der Waals surface area contributed by atoms with Crippen molar-refractivity contribution in [3.05, 3.63) is 68.6 Å². The Labute approximate surface area is 116 Å². The van der Waals surface area contributed by atoms with Gasteiger partial charge in [-0.2, -0.15) is 0 Å². The predicted molar refractivity (Wildman–Crippen MR) is 72.5 cm³/mol. The summed E-state index contributed by atoms with van der Waals surface area (Å²) in [5, 5.41) is 10.7. The second-order valence-corrected chi connectivity index (χ2v) is 4.43. The molecule has 0 aliphatic heterocycles. The van der Waals surface area contributed by atoms with Gasteiger partial charge in [0.15, 0.2) is 0 Å². The van der Waals surface area contributed by atoms with Gasteiger partial charge in [0.05, 0.1) is 22.5 Å². The third-order valence-corrected chi connectivity index (χ3v) is 3.01. The van der Waals surface area contributed by atoms with Crippen LogP contribution >= 0.6 is 0 Å². The lowest BCUT2D eigenvalue weighted by Crippen LogP contribution is -2.22. The summed E-state index contributed by atoms with van der Waals surface area (Å²) in [6.07, 6.45) is 1.43. The van der Waals surface area contributed by atoms with Crippen LogP contribution in [0.25, 0.3) is 11.0 Å². The fourth-order valence-electron chi connectivity index (χ4n) is 2.06. The molecule has 0 saturated heterocycles. The zero-order chi connectivity index (χ0) is 15.0. The minimum Gasteiger partial charge on any atom is -0.340 e. The molecule has 3 aromatic rings. The van der Waals surface area contributed by atoms with E-state index in [0.29, 0.717) is 16.9 Å². The summed E-state index contributed by atoms with van der Waals surface area (Å²) in [5.74, 6) is 0.0170. The summed E-state index contributed by atoms with van der Waals surface area (Å²) in [6, 6.07) is 6.66. The molecule has 0 atom stereocenters. The molecule has 3 rings (SSSR count). The molecule has 0 saturated carbocycles. The van der Waals surface area contributed by atoms with Gasteiger partial charge < -0.3 is 9.55 Å². The monoisotopic (exact) mass is 288 g/mol. The number of nitrogens with zero attached hydrogens (tertiary/aromatic N) is 3. The number of hydrogen-bond acceptors (Lipinski definition) is 4. The molecule has 0 bridgehead atoms. The average Bonchev–Trinajstić information content (AvgIpc) is 2.82. The normalized spacial score (nSPS) is 10.9. The summed E-state index contributed by atoms with van der Waals surface area (Å²) in [6.45, 7) is 0.0385. The largest absolute Gasteiger partial charge is 0.340 e. The number of nitrogens with one attached hydrogen (secondary N) is 1. The van der Waals surface area contributed by atoms with Crippen LogP contribution in [0.2, 0.25) is 0 Å². The van der Waals surface area contributed by atoms with Gasteiger partial charge in [-0.1, -0.05) is 0 Å². The van der Waals surface area contributed by atoms with Crippen LogP contribution in [0.3, 0.4) is 0 Å². The van der Waals surface area contributed by atoms with Crippen molar-refractivity contribution >= 4 is 16.7 Å². The van der Waals surface area contributed by atoms with Gasteiger partial charge in [0.1, 0.15) is 11.6 Å². The van der Waals surface area contributed by atoms with E-state index in [-0.39, 0.29) is 6.54 Å². The average molecular weight is 288 g/mol. The van der Waals surface area contributed by atoms with E-state index in [4.69, 9.17) is 0 Å². The van der Waals surface area contributed by atoms with Gasteiger partial charge >= 0.3 is 11.2 Å². The number of aromatic nitrogens is 3. The van der Waals surface area contributed by atoms with Crippen molar-refractivity contribution < 1.29 is 9.31 Å². The van der Waals surface area contributed by atoms with Gasteiger partial charge in [-0.15, -0.1) is 0 Å². The molecule has 2 aromatic heterocycles. The number of imidazole rings is 1. The number of halogens is 1. The van der Waals surface area contributed by atoms with E-state index in [2.05, 4.69) is 9.97 Å². The molecule has 8 heteroatoms. The molecule has 2 heterocycles. The molecule has 0 unspecified atom stereocenters. The molecule has 0 fully saturated rings. The van der Waals surface area contributed by atoms with Crippen LogP contribution in [-0.2, 0) is 6.54 Å². The Morgan fingerprint density at radius 1 is 1.38 bits per heavy atom. The van der Waals surface area contributed by atoms with Crippen LogP contribution in [0, 0.1) is 15.9 Å². The lowest BCUT2D eigenvalue weighted by Gasteiger charge is -2.02. The van der Waals surface area contributed by atoms with Gasteiger partial charge in [-0.25, -0.2) is 9.37 Å². The smallest absolute Gasteiger partial charge is 0.334 e. The van der Waals surface area contributed by atoms with Crippen molar-refractivity contribution in [3.8, 4) is 0 Å². The van der Waals surface area contributed by atoms with Crippen molar-refractivity contribution in [1.29, 1.82) is 0 Å². The third kappa shape index (κ3) is 2.38. The minimum absolute atomic E-state index is 0.0385. The standard InChI is InChI=1S/C13H9FN4O3/c14-8-3-4-9-10(6-8)16-12(15-9)7-17-5-1-2-11(13(17)19)18(20)21/h1-6H,7H2,(H,15,16). The first kappa shape index (κ1) is 13.0. The lowest BCUT2D eigenvalue weighted by molar-refractivity contribution is -0.386. The fourth-order valence-corrected chi connectivity index (χ4v) is 2.06. The zero-order valence-electron chi connectivity index (χ0n) is 10.6. The molecular weight excluding hydrogens is 279 g/mol. The lowest BCUT2D eigenvalue weighted by atomic mass is 10.3. The minimum atomic E-state index is -0.729. The number of nitro groups is 1. The molecule has 0 amide bonds.